The third-order valence-corrected chi connectivity index (χ3v) is 6.33. The lowest BCUT2D eigenvalue weighted by atomic mass is 10.1. The highest BCUT2D eigenvalue weighted by molar-refractivity contribution is 7.90. The first-order chi connectivity index (χ1) is 11.9. The highest BCUT2D eigenvalue weighted by atomic mass is 35.5. The Balaban J connectivity index is 0.00000243. The van der Waals surface area contributed by atoms with E-state index >= 15 is 0 Å². The van der Waals surface area contributed by atoms with Crippen molar-refractivity contribution in [3.05, 3.63) is 54.0 Å². The molecule has 3 rings (SSSR count). The summed E-state index contributed by atoms with van der Waals surface area (Å²) in [5, 5.41) is 0. The van der Waals surface area contributed by atoms with Crippen molar-refractivity contribution >= 4 is 28.2 Å². The molecular formula is C18H23ClN2O4S. The van der Waals surface area contributed by atoms with Crippen LogP contribution in [0, 0.1) is 5.92 Å². The SMILES string of the molecule is CC1CC(CN)CN1C(=O)c1occc1CS(=O)(=O)c1ccccc1.Cl. The van der Waals surface area contributed by atoms with Gasteiger partial charge >= 0.3 is 0 Å². The number of sulfone groups is 1. The molecule has 0 spiro atoms. The van der Waals surface area contributed by atoms with E-state index in [0.29, 0.717) is 18.7 Å². The highest BCUT2D eigenvalue weighted by Crippen LogP contribution is 2.27. The smallest absolute Gasteiger partial charge is 0.290 e. The molecule has 1 saturated heterocycles. The molecule has 142 valence electrons. The molecule has 1 aromatic heterocycles. The zero-order chi connectivity index (χ0) is 18.0. The maximum Gasteiger partial charge on any atom is 0.290 e. The largest absolute Gasteiger partial charge is 0.459 e. The molecule has 0 saturated carbocycles. The van der Waals surface area contributed by atoms with Crippen LogP contribution in [0.4, 0.5) is 0 Å². The van der Waals surface area contributed by atoms with Gasteiger partial charge in [-0.05, 0) is 44.0 Å². The molecule has 0 radical (unpaired) electrons. The fourth-order valence-electron chi connectivity index (χ4n) is 3.28. The molecule has 1 fully saturated rings. The third kappa shape index (κ3) is 4.11. The number of hydrogen-bond donors (Lipinski definition) is 1. The number of halogens is 1. The van der Waals surface area contributed by atoms with E-state index in [0.717, 1.165) is 6.42 Å². The molecule has 26 heavy (non-hydrogen) atoms. The lowest BCUT2D eigenvalue weighted by Crippen LogP contribution is -2.34. The van der Waals surface area contributed by atoms with Gasteiger partial charge in [0.2, 0.25) is 0 Å². The van der Waals surface area contributed by atoms with Crippen molar-refractivity contribution in [2.75, 3.05) is 13.1 Å². The Morgan fingerprint density at radius 1 is 1.27 bits per heavy atom. The van der Waals surface area contributed by atoms with Crippen LogP contribution in [0.1, 0.15) is 29.5 Å². The molecule has 2 heterocycles. The van der Waals surface area contributed by atoms with Gasteiger partial charge in [-0.1, -0.05) is 18.2 Å². The summed E-state index contributed by atoms with van der Waals surface area (Å²) in [7, 11) is -3.54. The van der Waals surface area contributed by atoms with Crippen LogP contribution < -0.4 is 5.73 Å². The van der Waals surface area contributed by atoms with Gasteiger partial charge in [0, 0.05) is 18.2 Å². The molecule has 1 aromatic carbocycles. The summed E-state index contributed by atoms with van der Waals surface area (Å²) >= 11 is 0. The topological polar surface area (TPSA) is 93.6 Å². The van der Waals surface area contributed by atoms with Crippen LogP contribution in [0.15, 0.2) is 52.0 Å². The average molecular weight is 399 g/mol. The van der Waals surface area contributed by atoms with Crippen LogP contribution in [0.5, 0.6) is 0 Å². The van der Waals surface area contributed by atoms with Crippen molar-refractivity contribution in [2.45, 2.75) is 30.0 Å². The number of likely N-dealkylation sites (tertiary alicyclic amines) is 1. The second-order valence-electron chi connectivity index (χ2n) is 6.49. The monoisotopic (exact) mass is 398 g/mol. The predicted molar refractivity (Wildman–Crippen MR) is 101 cm³/mol. The van der Waals surface area contributed by atoms with Crippen LogP contribution in [0.2, 0.25) is 0 Å². The number of benzene rings is 1. The normalized spacial score (nSPS) is 20.0. The van der Waals surface area contributed by atoms with Gasteiger partial charge in [-0.25, -0.2) is 8.42 Å². The van der Waals surface area contributed by atoms with Crippen LogP contribution in [-0.2, 0) is 15.6 Å². The molecule has 1 aliphatic heterocycles. The minimum atomic E-state index is -3.54. The first-order valence-corrected chi connectivity index (χ1v) is 9.93. The van der Waals surface area contributed by atoms with E-state index in [4.69, 9.17) is 10.2 Å². The number of nitrogens with zero attached hydrogens (tertiary/aromatic N) is 1. The molecule has 6 nitrogen and oxygen atoms in total. The van der Waals surface area contributed by atoms with E-state index in [1.165, 1.54) is 6.26 Å². The molecule has 2 aromatic rings. The molecule has 2 unspecified atom stereocenters. The summed E-state index contributed by atoms with van der Waals surface area (Å²) in [5.41, 5.74) is 6.10. The van der Waals surface area contributed by atoms with Crippen LogP contribution in [0.25, 0.3) is 0 Å². The Morgan fingerprint density at radius 2 is 1.96 bits per heavy atom. The summed E-state index contributed by atoms with van der Waals surface area (Å²) in [6.45, 7) is 3.07. The number of carbonyl (C=O) groups is 1. The summed E-state index contributed by atoms with van der Waals surface area (Å²) < 4.78 is 30.5. The predicted octanol–water partition coefficient (Wildman–Crippen LogP) is 2.48. The van der Waals surface area contributed by atoms with Crippen molar-refractivity contribution < 1.29 is 17.6 Å². The second-order valence-corrected chi connectivity index (χ2v) is 8.48. The van der Waals surface area contributed by atoms with E-state index in [9.17, 15) is 13.2 Å². The molecule has 0 bridgehead atoms. The van der Waals surface area contributed by atoms with Gasteiger partial charge in [0.1, 0.15) is 0 Å². The van der Waals surface area contributed by atoms with Crippen LogP contribution in [-0.4, -0.2) is 38.4 Å². The van der Waals surface area contributed by atoms with Gasteiger partial charge in [0.05, 0.1) is 16.9 Å². The van der Waals surface area contributed by atoms with Crippen LogP contribution in [0.3, 0.4) is 0 Å². The minimum Gasteiger partial charge on any atom is -0.459 e. The Morgan fingerprint density at radius 3 is 2.58 bits per heavy atom. The number of amides is 1. The Kier molecular flexibility index (Phi) is 6.49. The number of furan rings is 1. The van der Waals surface area contributed by atoms with Gasteiger partial charge in [-0.3, -0.25) is 4.79 Å². The van der Waals surface area contributed by atoms with Gasteiger partial charge in [-0.2, -0.15) is 0 Å². The quantitative estimate of drug-likeness (QED) is 0.835. The molecular weight excluding hydrogens is 376 g/mol. The number of carbonyl (C=O) groups excluding carboxylic acids is 1. The van der Waals surface area contributed by atoms with E-state index in [1.54, 1.807) is 41.3 Å². The van der Waals surface area contributed by atoms with E-state index < -0.39 is 9.84 Å². The Labute approximate surface area is 159 Å². The summed E-state index contributed by atoms with van der Waals surface area (Å²) in [6.07, 6.45) is 2.21. The highest BCUT2D eigenvalue weighted by Gasteiger charge is 2.35. The standard InChI is InChI=1S/C18H22N2O4S.ClH/c1-13-9-14(10-19)11-20(13)18(21)17-15(7-8-24-17)12-25(22,23)16-5-3-2-4-6-16;/h2-8,13-14H,9-12,19H2,1H3;1H. The lowest BCUT2D eigenvalue weighted by Gasteiger charge is -2.20. The lowest BCUT2D eigenvalue weighted by molar-refractivity contribution is 0.0710. The van der Waals surface area contributed by atoms with Crippen molar-refractivity contribution in [1.82, 2.24) is 4.90 Å². The van der Waals surface area contributed by atoms with Gasteiger partial charge in [0.15, 0.2) is 15.6 Å². The first-order valence-electron chi connectivity index (χ1n) is 8.27. The maximum atomic E-state index is 12.8. The Hall–Kier alpha value is -1.83. The molecule has 1 aliphatic rings. The van der Waals surface area contributed by atoms with Crippen molar-refractivity contribution in [2.24, 2.45) is 11.7 Å². The van der Waals surface area contributed by atoms with Gasteiger partial charge in [-0.15, -0.1) is 12.4 Å². The van der Waals surface area contributed by atoms with Crippen molar-refractivity contribution in [3.8, 4) is 0 Å². The molecule has 1 amide bonds. The third-order valence-electron chi connectivity index (χ3n) is 4.64. The summed E-state index contributed by atoms with van der Waals surface area (Å²) in [6, 6.07) is 9.81. The fourth-order valence-corrected chi connectivity index (χ4v) is 4.65. The minimum absolute atomic E-state index is 0. The zero-order valence-electron chi connectivity index (χ0n) is 14.5. The first kappa shape index (κ1) is 20.5. The van der Waals surface area contributed by atoms with E-state index in [2.05, 4.69) is 0 Å². The average Bonchev–Trinajstić information content (AvgIpc) is 3.21. The van der Waals surface area contributed by atoms with Gasteiger partial charge < -0.3 is 15.1 Å². The molecule has 2 atom stereocenters. The molecule has 8 heteroatoms. The van der Waals surface area contributed by atoms with Gasteiger partial charge in [0.25, 0.3) is 5.91 Å². The summed E-state index contributed by atoms with van der Waals surface area (Å²) in [5.74, 6) is -0.168. The number of rotatable bonds is 5. The zero-order valence-corrected chi connectivity index (χ0v) is 16.1. The molecule has 0 aliphatic carbocycles. The van der Waals surface area contributed by atoms with Crippen molar-refractivity contribution in [1.29, 1.82) is 0 Å². The fraction of sp³-hybridized carbons (Fsp3) is 0.389. The molecule has 2 N–H and O–H groups in total. The second kappa shape index (κ2) is 8.24. The number of hydrogen-bond acceptors (Lipinski definition) is 5. The Bertz CT molecular complexity index is 851. The number of nitrogens with two attached hydrogens (primary N) is 1. The van der Waals surface area contributed by atoms with E-state index in [1.807, 2.05) is 6.92 Å². The van der Waals surface area contributed by atoms with Crippen LogP contribution >= 0.6 is 12.4 Å². The van der Waals surface area contributed by atoms with Crippen molar-refractivity contribution in [3.63, 3.8) is 0 Å². The maximum absolute atomic E-state index is 12.8. The van der Waals surface area contributed by atoms with E-state index in [-0.39, 0.29) is 46.7 Å². The summed E-state index contributed by atoms with van der Waals surface area (Å²) in [4.78, 5) is 14.8.